The Morgan fingerprint density at radius 1 is 1.18 bits per heavy atom. The average molecular weight is 478 g/mol. The second-order valence-electron chi connectivity index (χ2n) is 7.03. The number of dihydropyridines is 1. The van der Waals surface area contributed by atoms with E-state index in [0.29, 0.717) is 17.0 Å². The molecule has 11 heteroatoms. The molecule has 1 heterocycles. The molecule has 1 amide bonds. The highest BCUT2D eigenvalue weighted by Crippen LogP contribution is 2.41. The highest BCUT2D eigenvalue weighted by molar-refractivity contribution is 7.99. The average Bonchev–Trinajstić information content (AvgIpc) is 2.76. The summed E-state index contributed by atoms with van der Waals surface area (Å²) in [6.45, 7) is 6.45. The summed E-state index contributed by atoms with van der Waals surface area (Å²) in [5.41, 5.74) is 1.08. The van der Waals surface area contributed by atoms with Crippen LogP contribution in [-0.2, 0) is 23.9 Å². The Morgan fingerprint density at radius 3 is 2.30 bits per heavy atom. The minimum absolute atomic E-state index is 0.0682. The van der Waals surface area contributed by atoms with Gasteiger partial charge < -0.3 is 20.1 Å². The van der Waals surface area contributed by atoms with Crippen LogP contribution in [0.25, 0.3) is 0 Å². The molecule has 33 heavy (non-hydrogen) atoms. The number of carbonyl (C=O) groups excluding carboxylic acids is 3. The van der Waals surface area contributed by atoms with Crippen molar-refractivity contribution >= 4 is 35.3 Å². The van der Waals surface area contributed by atoms with Crippen molar-refractivity contribution in [3.63, 3.8) is 0 Å². The second kappa shape index (κ2) is 11.5. The minimum atomic E-state index is -1.01. The fourth-order valence-corrected chi connectivity index (χ4v) is 4.27. The first-order valence-electron chi connectivity index (χ1n) is 10.3. The van der Waals surface area contributed by atoms with Crippen molar-refractivity contribution < 1.29 is 28.8 Å². The topological polar surface area (TPSA) is 137 Å². The van der Waals surface area contributed by atoms with Crippen LogP contribution < -0.4 is 10.6 Å². The van der Waals surface area contributed by atoms with Crippen LogP contribution in [0.4, 0.5) is 5.69 Å². The molecule has 0 aromatic heterocycles. The molecule has 178 valence electrons. The Labute approximate surface area is 195 Å². The number of nitrogens with one attached hydrogen (secondary N) is 2. The van der Waals surface area contributed by atoms with Crippen LogP contribution in [0.15, 0.2) is 46.8 Å². The molecular formula is C22H27N3O7S. The van der Waals surface area contributed by atoms with Crippen molar-refractivity contribution in [1.29, 1.82) is 0 Å². The maximum atomic E-state index is 13.2. The number of thioether (sulfide) groups is 1. The van der Waals surface area contributed by atoms with E-state index in [0.717, 1.165) is 0 Å². The van der Waals surface area contributed by atoms with Gasteiger partial charge in [0.2, 0.25) is 5.91 Å². The molecule has 1 aromatic carbocycles. The molecule has 1 aliphatic heterocycles. The summed E-state index contributed by atoms with van der Waals surface area (Å²) < 4.78 is 10.5. The van der Waals surface area contributed by atoms with Gasteiger partial charge >= 0.3 is 11.9 Å². The van der Waals surface area contributed by atoms with Crippen LogP contribution in [-0.4, -0.2) is 47.6 Å². The van der Waals surface area contributed by atoms with E-state index in [1.807, 2.05) is 0 Å². The van der Waals surface area contributed by atoms with E-state index in [-0.39, 0.29) is 36.0 Å². The molecule has 0 saturated carbocycles. The molecule has 0 aliphatic carbocycles. The van der Waals surface area contributed by atoms with Gasteiger partial charge in [-0.1, -0.05) is 12.1 Å². The Hall–Kier alpha value is -3.34. The zero-order valence-electron chi connectivity index (χ0n) is 19.1. The van der Waals surface area contributed by atoms with Crippen molar-refractivity contribution in [1.82, 2.24) is 10.6 Å². The van der Waals surface area contributed by atoms with E-state index >= 15 is 0 Å². The summed E-state index contributed by atoms with van der Waals surface area (Å²) in [5.74, 6) is -2.71. The standard InChI is InChI=1S/C22H27N3O7S/c1-6-31-21(27)16-12(3)23-19(20(33-5)24-13(4)26)18(22(28)32-7-2)17(16)14-9-8-10-15(11-14)25(29)30/h8-11,17,20,23H,6-7H2,1-5H3,(H,24,26). The van der Waals surface area contributed by atoms with E-state index in [1.165, 1.54) is 36.9 Å². The predicted molar refractivity (Wildman–Crippen MR) is 123 cm³/mol. The number of carbonyl (C=O) groups is 3. The number of esters is 2. The second-order valence-corrected chi connectivity index (χ2v) is 7.98. The smallest absolute Gasteiger partial charge is 0.336 e. The number of hydrogen-bond acceptors (Lipinski definition) is 9. The summed E-state index contributed by atoms with van der Waals surface area (Å²) in [4.78, 5) is 48.8. The summed E-state index contributed by atoms with van der Waals surface area (Å²) in [6, 6.07) is 5.71. The van der Waals surface area contributed by atoms with Gasteiger partial charge in [-0.3, -0.25) is 14.9 Å². The van der Waals surface area contributed by atoms with Crippen molar-refractivity contribution in [3.05, 3.63) is 62.5 Å². The summed E-state index contributed by atoms with van der Waals surface area (Å²) >= 11 is 1.26. The van der Waals surface area contributed by atoms with Crippen LogP contribution in [0.1, 0.15) is 39.2 Å². The lowest BCUT2D eigenvalue weighted by Crippen LogP contribution is -2.42. The number of hydrogen-bond donors (Lipinski definition) is 2. The van der Waals surface area contributed by atoms with Crippen molar-refractivity contribution in [2.24, 2.45) is 0 Å². The third kappa shape index (κ3) is 5.92. The Kier molecular flexibility index (Phi) is 9.03. The van der Waals surface area contributed by atoms with Gasteiger partial charge in [0.25, 0.3) is 5.69 Å². The van der Waals surface area contributed by atoms with Crippen molar-refractivity contribution in [2.45, 2.75) is 39.0 Å². The van der Waals surface area contributed by atoms with Crippen LogP contribution in [0.3, 0.4) is 0 Å². The van der Waals surface area contributed by atoms with E-state index < -0.39 is 28.2 Å². The summed E-state index contributed by atoms with van der Waals surface area (Å²) in [6.07, 6.45) is 1.75. The number of ether oxygens (including phenoxy) is 2. The first-order chi connectivity index (χ1) is 15.7. The lowest BCUT2D eigenvalue weighted by Gasteiger charge is -2.34. The molecular weight excluding hydrogens is 450 g/mol. The normalized spacial score (nSPS) is 16.6. The lowest BCUT2D eigenvalue weighted by atomic mass is 9.80. The zero-order chi connectivity index (χ0) is 24.7. The van der Waals surface area contributed by atoms with E-state index in [2.05, 4.69) is 10.6 Å². The van der Waals surface area contributed by atoms with E-state index in [9.17, 15) is 24.5 Å². The number of amides is 1. The van der Waals surface area contributed by atoms with Gasteiger partial charge in [-0.15, -0.1) is 11.8 Å². The SMILES string of the molecule is CCOC(=O)C1=C(C)NC(C(NC(C)=O)SC)=C(C(=O)OCC)C1c1cccc([N+](=O)[O-])c1. The molecule has 0 spiro atoms. The number of nitrogens with zero attached hydrogens (tertiary/aromatic N) is 1. The Balaban J connectivity index is 2.86. The molecule has 1 aliphatic rings. The van der Waals surface area contributed by atoms with Gasteiger partial charge in [0.15, 0.2) is 0 Å². The molecule has 10 nitrogen and oxygen atoms in total. The van der Waals surface area contributed by atoms with Crippen molar-refractivity contribution in [2.75, 3.05) is 19.5 Å². The van der Waals surface area contributed by atoms with Crippen molar-refractivity contribution in [3.8, 4) is 0 Å². The lowest BCUT2D eigenvalue weighted by molar-refractivity contribution is -0.384. The molecule has 2 atom stereocenters. The van der Waals surface area contributed by atoms with Gasteiger partial charge in [0.1, 0.15) is 5.37 Å². The number of non-ortho nitro benzene ring substituents is 1. The molecule has 2 rings (SSSR count). The maximum Gasteiger partial charge on any atom is 0.336 e. The summed E-state index contributed by atoms with van der Waals surface area (Å²) in [7, 11) is 0. The van der Waals surface area contributed by atoms with Crippen LogP contribution >= 0.6 is 11.8 Å². The monoisotopic (exact) mass is 477 g/mol. The first kappa shape index (κ1) is 25.9. The van der Waals surface area contributed by atoms with Gasteiger partial charge in [-0.05, 0) is 32.6 Å². The Bertz CT molecular complexity index is 1020. The van der Waals surface area contributed by atoms with Crippen LogP contribution in [0, 0.1) is 10.1 Å². The van der Waals surface area contributed by atoms with E-state index in [4.69, 9.17) is 9.47 Å². The number of rotatable bonds is 9. The number of nitro groups is 1. The number of benzene rings is 1. The van der Waals surface area contributed by atoms with Gasteiger partial charge in [0.05, 0.1) is 40.9 Å². The fourth-order valence-electron chi connectivity index (χ4n) is 3.56. The molecule has 0 fully saturated rings. The molecule has 0 radical (unpaired) electrons. The molecule has 2 N–H and O–H groups in total. The highest BCUT2D eigenvalue weighted by atomic mass is 32.2. The quantitative estimate of drug-likeness (QED) is 0.238. The van der Waals surface area contributed by atoms with Gasteiger partial charge in [-0.2, -0.15) is 0 Å². The molecule has 1 aromatic rings. The number of nitro benzene ring substituents is 1. The summed E-state index contributed by atoms with van der Waals surface area (Å²) in [5, 5.41) is 16.6. The largest absolute Gasteiger partial charge is 0.463 e. The van der Waals surface area contributed by atoms with Gasteiger partial charge in [0, 0.05) is 24.8 Å². The third-order valence-electron chi connectivity index (χ3n) is 4.83. The maximum absolute atomic E-state index is 13.2. The zero-order valence-corrected chi connectivity index (χ0v) is 19.9. The predicted octanol–water partition coefficient (Wildman–Crippen LogP) is 2.76. The van der Waals surface area contributed by atoms with Crippen LogP contribution in [0.5, 0.6) is 0 Å². The highest BCUT2D eigenvalue weighted by Gasteiger charge is 2.41. The molecule has 0 saturated heterocycles. The Morgan fingerprint density at radius 2 is 1.79 bits per heavy atom. The van der Waals surface area contributed by atoms with Crippen LogP contribution in [0.2, 0.25) is 0 Å². The molecule has 0 bridgehead atoms. The van der Waals surface area contributed by atoms with E-state index in [1.54, 1.807) is 33.1 Å². The first-order valence-corrected chi connectivity index (χ1v) is 11.5. The minimum Gasteiger partial charge on any atom is -0.463 e. The molecule has 2 unspecified atom stereocenters. The fraction of sp³-hybridized carbons (Fsp3) is 0.409. The number of allylic oxidation sites excluding steroid dienone is 1. The third-order valence-corrected chi connectivity index (χ3v) is 5.66. The van der Waals surface area contributed by atoms with Gasteiger partial charge in [-0.25, -0.2) is 9.59 Å².